The molecule has 0 fully saturated rings. The van der Waals surface area contributed by atoms with Crippen molar-refractivity contribution in [1.82, 2.24) is 4.98 Å². The molecule has 0 unspecified atom stereocenters. The van der Waals surface area contributed by atoms with Gasteiger partial charge in [0.25, 0.3) is 0 Å². The van der Waals surface area contributed by atoms with Crippen LogP contribution in [-0.4, -0.2) is 31.2 Å². The third kappa shape index (κ3) is 3.73. The minimum Gasteiger partial charge on any atom is -0.493 e. The van der Waals surface area contributed by atoms with Crippen molar-refractivity contribution in [3.8, 4) is 17.2 Å². The molecule has 1 N–H and O–H groups in total. The van der Waals surface area contributed by atoms with Crippen molar-refractivity contribution in [2.75, 3.05) is 25.6 Å². The molecule has 3 aromatic rings. The quantitative estimate of drug-likeness (QED) is 0.690. The first-order valence-corrected chi connectivity index (χ1v) is 9.28. The molecule has 0 aliphatic carbocycles. The van der Waals surface area contributed by atoms with Gasteiger partial charge in [-0.1, -0.05) is 17.4 Å². The van der Waals surface area contributed by atoms with Crippen LogP contribution in [0.1, 0.15) is 11.1 Å². The number of aryl methyl sites for hydroxylation is 1. The summed E-state index contributed by atoms with van der Waals surface area (Å²) in [6.45, 7) is 3.01. The van der Waals surface area contributed by atoms with Crippen LogP contribution in [-0.2, 0) is 4.79 Å². The number of rotatable bonds is 4. The summed E-state index contributed by atoms with van der Waals surface area (Å²) in [6, 6.07) is 9.63. The second kappa shape index (κ2) is 7.28. The standard InChI is InChI=1S/C20H18N2O4S/c1-12-3-5-14-17(9-12)27-20(21-14)22-18(23)6-4-13-10-15(24-2)19-16(11-13)25-7-8-26-19/h3-6,9-11H,7-8H2,1-2H3,(H,21,22,23)/b6-4+. The number of hydrogen-bond donors (Lipinski definition) is 1. The van der Waals surface area contributed by atoms with Gasteiger partial charge in [0.2, 0.25) is 11.7 Å². The number of nitrogens with one attached hydrogen (secondary N) is 1. The normalized spacial score (nSPS) is 13.1. The Morgan fingerprint density at radius 3 is 2.96 bits per heavy atom. The Morgan fingerprint density at radius 2 is 2.11 bits per heavy atom. The van der Waals surface area contributed by atoms with Crippen molar-refractivity contribution < 1.29 is 19.0 Å². The first-order chi connectivity index (χ1) is 13.1. The van der Waals surface area contributed by atoms with Gasteiger partial charge in [0.15, 0.2) is 16.6 Å². The lowest BCUT2D eigenvalue weighted by molar-refractivity contribution is -0.111. The van der Waals surface area contributed by atoms with Gasteiger partial charge in [-0.25, -0.2) is 4.98 Å². The van der Waals surface area contributed by atoms with E-state index >= 15 is 0 Å². The number of nitrogens with zero attached hydrogens (tertiary/aromatic N) is 1. The number of carbonyl (C=O) groups is 1. The molecule has 2 heterocycles. The lowest BCUT2D eigenvalue weighted by atomic mass is 10.1. The largest absolute Gasteiger partial charge is 0.493 e. The van der Waals surface area contributed by atoms with Gasteiger partial charge in [-0.05, 0) is 48.4 Å². The fourth-order valence-corrected chi connectivity index (χ4v) is 3.76. The number of thiazole rings is 1. The Hall–Kier alpha value is -3.06. The number of aromatic nitrogens is 1. The monoisotopic (exact) mass is 382 g/mol. The number of fused-ring (bicyclic) bond motifs is 2. The molecule has 7 heteroatoms. The molecule has 2 aromatic carbocycles. The number of ether oxygens (including phenoxy) is 3. The van der Waals surface area contributed by atoms with E-state index in [-0.39, 0.29) is 5.91 Å². The molecule has 27 heavy (non-hydrogen) atoms. The van der Waals surface area contributed by atoms with Crippen LogP contribution in [0.3, 0.4) is 0 Å². The third-order valence-corrected chi connectivity index (χ3v) is 4.99. The second-order valence-electron chi connectivity index (χ2n) is 6.06. The van der Waals surface area contributed by atoms with Gasteiger partial charge >= 0.3 is 0 Å². The average molecular weight is 382 g/mol. The Balaban J connectivity index is 1.51. The highest BCUT2D eigenvalue weighted by molar-refractivity contribution is 7.22. The third-order valence-electron chi connectivity index (χ3n) is 4.05. The minimum absolute atomic E-state index is 0.250. The molecule has 6 nitrogen and oxygen atoms in total. The van der Waals surface area contributed by atoms with Crippen LogP contribution in [0.5, 0.6) is 17.2 Å². The van der Waals surface area contributed by atoms with Crippen molar-refractivity contribution in [3.05, 3.63) is 47.5 Å². The molecule has 0 saturated heterocycles. The maximum atomic E-state index is 12.3. The summed E-state index contributed by atoms with van der Waals surface area (Å²) < 4.78 is 17.6. The van der Waals surface area contributed by atoms with Gasteiger partial charge < -0.3 is 14.2 Å². The van der Waals surface area contributed by atoms with Gasteiger partial charge in [-0.3, -0.25) is 10.1 Å². The molecule has 1 aromatic heterocycles. The van der Waals surface area contributed by atoms with E-state index in [1.54, 1.807) is 19.3 Å². The molecule has 1 aliphatic rings. The van der Waals surface area contributed by atoms with Crippen molar-refractivity contribution in [1.29, 1.82) is 0 Å². The number of methoxy groups -OCH3 is 1. The zero-order valence-electron chi connectivity index (χ0n) is 14.9. The van der Waals surface area contributed by atoms with Crippen molar-refractivity contribution in [2.45, 2.75) is 6.92 Å². The maximum Gasteiger partial charge on any atom is 0.250 e. The second-order valence-corrected chi connectivity index (χ2v) is 7.09. The van der Waals surface area contributed by atoms with Gasteiger partial charge in [0.1, 0.15) is 13.2 Å². The summed E-state index contributed by atoms with van der Waals surface area (Å²) in [5.41, 5.74) is 2.82. The lowest BCUT2D eigenvalue weighted by Gasteiger charge is -2.20. The summed E-state index contributed by atoms with van der Waals surface area (Å²) in [7, 11) is 1.57. The van der Waals surface area contributed by atoms with Gasteiger partial charge in [0.05, 0.1) is 17.3 Å². The summed E-state index contributed by atoms with van der Waals surface area (Å²) in [4.78, 5) is 16.7. The SMILES string of the molecule is COc1cc(/C=C/C(=O)Nc2nc3ccc(C)cc3s2)cc2c1OCCO2. The van der Waals surface area contributed by atoms with Crippen LogP contribution in [0.2, 0.25) is 0 Å². The summed E-state index contributed by atoms with van der Waals surface area (Å²) >= 11 is 1.45. The predicted molar refractivity (Wildman–Crippen MR) is 106 cm³/mol. The van der Waals surface area contributed by atoms with Crippen molar-refractivity contribution in [3.63, 3.8) is 0 Å². The van der Waals surface area contributed by atoms with E-state index in [0.717, 1.165) is 21.3 Å². The smallest absolute Gasteiger partial charge is 0.250 e. The van der Waals surface area contributed by atoms with Crippen LogP contribution in [0.15, 0.2) is 36.4 Å². The number of hydrogen-bond acceptors (Lipinski definition) is 6. The van der Waals surface area contributed by atoms with Gasteiger partial charge in [-0.15, -0.1) is 0 Å². The van der Waals surface area contributed by atoms with E-state index in [0.29, 0.717) is 35.6 Å². The molecule has 1 amide bonds. The van der Waals surface area contributed by atoms with Gasteiger partial charge in [0, 0.05) is 6.08 Å². The zero-order chi connectivity index (χ0) is 18.8. The van der Waals surface area contributed by atoms with E-state index in [2.05, 4.69) is 16.4 Å². The highest BCUT2D eigenvalue weighted by atomic mass is 32.1. The molecule has 0 saturated carbocycles. The van der Waals surface area contributed by atoms with Crippen molar-refractivity contribution >= 4 is 38.7 Å². The van der Waals surface area contributed by atoms with Gasteiger partial charge in [-0.2, -0.15) is 0 Å². The number of carbonyl (C=O) groups excluding carboxylic acids is 1. The molecule has 0 spiro atoms. The number of amides is 1. The minimum atomic E-state index is -0.250. The van der Waals surface area contributed by atoms with E-state index in [1.807, 2.05) is 25.1 Å². The molecule has 0 radical (unpaired) electrons. The molecule has 4 rings (SSSR count). The topological polar surface area (TPSA) is 69.7 Å². The number of benzene rings is 2. The van der Waals surface area contributed by atoms with Crippen molar-refractivity contribution in [2.24, 2.45) is 0 Å². The van der Waals surface area contributed by atoms with Crippen LogP contribution in [0.4, 0.5) is 5.13 Å². The van der Waals surface area contributed by atoms with E-state index in [4.69, 9.17) is 14.2 Å². The van der Waals surface area contributed by atoms with Crippen LogP contribution in [0, 0.1) is 6.92 Å². The Bertz CT molecular complexity index is 1020. The Kier molecular flexibility index (Phi) is 4.68. The first-order valence-electron chi connectivity index (χ1n) is 8.46. The van der Waals surface area contributed by atoms with E-state index < -0.39 is 0 Å². The highest BCUT2D eigenvalue weighted by Crippen LogP contribution is 2.40. The maximum absolute atomic E-state index is 12.3. The summed E-state index contributed by atoms with van der Waals surface area (Å²) in [6.07, 6.45) is 3.16. The summed E-state index contributed by atoms with van der Waals surface area (Å²) in [5, 5.41) is 3.38. The average Bonchev–Trinajstić information content (AvgIpc) is 3.06. The molecular weight excluding hydrogens is 364 g/mol. The number of anilines is 1. The van der Waals surface area contributed by atoms with E-state index in [1.165, 1.54) is 17.4 Å². The van der Waals surface area contributed by atoms with Crippen LogP contribution < -0.4 is 19.5 Å². The Morgan fingerprint density at radius 1 is 1.26 bits per heavy atom. The molecule has 0 atom stereocenters. The molecule has 138 valence electrons. The van der Waals surface area contributed by atoms with Crippen LogP contribution >= 0.6 is 11.3 Å². The van der Waals surface area contributed by atoms with Crippen LogP contribution in [0.25, 0.3) is 16.3 Å². The fourth-order valence-electron chi connectivity index (χ4n) is 2.79. The Labute approximate surface area is 160 Å². The molecule has 0 bridgehead atoms. The first kappa shape index (κ1) is 17.4. The van der Waals surface area contributed by atoms with E-state index in [9.17, 15) is 4.79 Å². The highest BCUT2D eigenvalue weighted by Gasteiger charge is 2.17. The summed E-state index contributed by atoms with van der Waals surface area (Å²) in [5.74, 6) is 1.53. The fraction of sp³-hybridized carbons (Fsp3) is 0.200. The molecular formula is C20H18N2O4S. The molecule has 1 aliphatic heterocycles. The zero-order valence-corrected chi connectivity index (χ0v) is 15.8. The predicted octanol–water partition coefficient (Wildman–Crippen LogP) is 4.04. The lowest BCUT2D eigenvalue weighted by Crippen LogP contribution is -2.16.